The smallest absolute Gasteiger partial charge is 0.143 e. The summed E-state index contributed by atoms with van der Waals surface area (Å²) in [5, 5.41) is 4.42. The minimum absolute atomic E-state index is 0.515. The number of benzene rings is 1. The van der Waals surface area contributed by atoms with Crippen LogP contribution in [0.15, 0.2) is 12.1 Å². The molecular weight excluding hydrogens is 284 g/mol. The van der Waals surface area contributed by atoms with Crippen LogP contribution in [0.1, 0.15) is 38.2 Å². The van der Waals surface area contributed by atoms with Gasteiger partial charge in [-0.05, 0) is 57.3 Å². The lowest BCUT2D eigenvalue weighted by Crippen LogP contribution is -2.27. The average molecular weight is 311 g/mol. The van der Waals surface area contributed by atoms with E-state index in [0.29, 0.717) is 6.04 Å². The molecule has 0 aromatic heterocycles. The van der Waals surface area contributed by atoms with Gasteiger partial charge in [0.15, 0.2) is 0 Å². The summed E-state index contributed by atoms with van der Waals surface area (Å²) in [5.74, 6) is 0.834. The standard InChI is InChI=1S/C17H27ClN2O/c1-4-8-20-9-5-6-14(7-10-20)19-16-11-13(2)15(18)12-17(16)21-3/h11-12,14,19H,4-10H2,1-3H3. The van der Waals surface area contributed by atoms with Gasteiger partial charge >= 0.3 is 0 Å². The number of nitrogens with one attached hydrogen (secondary N) is 1. The van der Waals surface area contributed by atoms with Gasteiger partial charge in [-0.25, -0.2) is 0 Å². The van der Waals surface area contributed by atoms with Crippen LogP contribution in [0.3, 0.4) is 0 Å². The molecule has 1 N–H and O–H groups in total. The van der Waals surface area contributed by atoms with E-state index in [1.165, 1.54) is 45.3 Å². The SMILES string of the molecule is CCCN1CCCC(Nc2cc(C)c(Cl)cc2OC)CC1. The summed E-state index contributed by atoms with van der Waals surface area (Å²) < 4.78 is 5.46. The number of hydrogen-bond donors (Lipinski definition) is 1. The van der Waals surface area contributed by atoms with Crippen LogP contribution in [0.2, 0.25) is 5.02 Å². The van der Waals surface area contributed by atoms with E-state index in [2.05, 4.69) is 23.2 Å². The van der Waals surface area contributed by atoms with Gasteiger partial charge in [-0.2, -0.15) is 0 Å². The fourth-order valence-corrected chi connectivity index (χ4v) is 3.16. The summed E-state index contributed by atoms with van der Waals surface area (Å²) in [6.45, 7) is 7.91. The van der Waals surface area contributed by atoms with Crippen LogP contribution in [0.25, 0.3) is 0 Å². The van der Waals surface area contributed by atoms with Crippen molar-refractivity contribution in [2.75, 3.05) is 32.1 Å². The van der Waals surface area contributed by atoms with Gasteiger partial charge in [0.1, 0.15) is 5.75 Å². The van der Waals surface area contributed by atoms with Crippen molar-refractivity contribution in [1.29, 1.82) is 0 Å². The molecular formula is C17H27ClN2O. The number of aryl methyl sites for hydroxylation is 1. The second kappa shape index (κ2) is 7.90. The summed E-state index contributed by atoms with van der Waals surface area (Å²) in [7, 11) is 1.70. The minimum Gasteiger partial charge on any atom is -0.495 e. The molecule has 4 heteroatoms. The number of methoxy groups -OCH3 is 1. The number of ether oxygens (including phenoxy) is 1. The fraction of sp³-hybridized carbons (Fsp3) is 0.647. The van der Waals surface area contributed by atoms with E-state index in [0.717, 1.165) is 22.0 Å². The third-order valence-corrected chi connectivity index (χ3v) is 4.61. The summed E-state index contributed by atoms with van der Waals surface area (Å²) in [6, 6.07) is 4.51. The van der Waals surface area contributed by atoms with E-state index >= 15 is 0 Å². The summed E-state index contributed by atoms with van der Waals surface area (Å²) in [6.07, 6.45) is 4.89. The molecule has 0 saturated carbocycles. The number of likely N-dealkylation sites (tertiary alicyclic amines) is 1. The Labute approximate surface area is 133 Å². The number of nitrogens with zero attached hydrogens (tertiary/aromatic N) is 1. The van der Waals surface area contributed by atoms with Crippen molar-refractivity contribution >= 4 is 17.3 Å². The van der Waals surface area contributed by atoms with Gasteiger partial charge in [0.05, 0.1) is 12.8 Å². The van der Waals surface area contributed by atoms with Crippen LogP contribution in [0.5, 0.6) is 5.75 Å². The van der Waals surface area contributed by atoms with Crippen molar-refractivity contribution in [2.24, 2.45) is 0 Å². The van der Waals surface area contributed by atoms with Gasteiger partial charge in [-0.1, -0.05) is 18.5 Å². The maximum Gasteiger partial charge on any atom is 0.143 e. The Balaban J connectivity index is 2.03. The van der Waals surface area contributed by atoms with Crippen molar-refractivity contribution < 1.29 is 4.74 Å². The zero-order valence-corrected chi connectivity index (χ0v) is 14.2. The Hall–Kier alpha value is -0.930. The van der Waals surface area contributed by atoms with E-state index in [1.54, 1.807) is 7.11 Å². The van der Waals surface area contributed by atoms with E-state index in [4.69, 9.17) is 16.3 Å². The molecule has 118 valence electrons. The lowest BCUT2D eigenvalue weighted by molar-refractivity contribution is 0.285. The molecule has 3 nitrogen and oxygen atoms in total. The topological polar surface area (TPSA) is 24.5 Å². The van der Waals surface area contributed by atoms with Gasteiger partial charge in [0, 0.05) is 23.7 Å². The third kappa shape index (κ3) is 4.52. The van der Waals surface area contributed by atoms with Crippen molar-refractivity contribution in [3.63, 3.8) is 0 Å². The second-order valence-electron chi connectivity index (χ2n) is 5.92. The van der Waals surface area contributed by atoms with E-state index in [1.807, 2.05) is 13.0 Å². The number of hydrogen-bond acceptors (Lipinski definition) is 3. The van der Waals surface area contributed by atoms with Crippen LogP contribution in [0, 0.1) is 6.92 Å². The number of halogens is 1. The zero-order chi connectivity index (χ0) is 15.2. The first-order valence-electron chi connectivity index (χ1n) is 7.97. The highest BCUT2D eigenvalue weighted by Crippen LogP contribution is 2.32. The third-order valence-electron chi connectivity index (χ3n) is 4.20. The first kappa shape index (κ1) is 16.4. The van der Waals surface area contributed by atoms with Crippen LogP contribution in [-0.2, 0) is 0 Å². The Kier molecular flexibility index (Phi) is 6.19. The Morgan fingerprint density at radius 2 is 2.14 bits per heavy atom. The highest BCUT2D eigenvalue weighted by molar-refractivity contribution is 6.31. The maximum absolute atomic E-state index is 6.17. The minimum atomic E-state index is 0.515. The molecule has 0 aliphatic carbocycles. The van der Waals surface area contributed by atoms with Gasteiger partial charge in [0.25, 0.3) is 0 Å². The van der Waals surface area contributed by atoms with Crippen molar-refractivity contribution in [2.45, 2.75) is 45.6 Å². The quantitative estimate of drug-likeness (QED) is 0.876. The largest absolute Gasteiger partial charge is 0.495 e. The van der Waals surface area contributed by atoms with E-state index in [-0.39, 0.29) is 0 Å². The molecule has 1 aliphatic rings. The molecule has 0 radical (unpaired) electrons. The normalized spacial score (nSPS) is 20.1. The predicted molar refractivity (Wildman–Crippen MR) is 90.7 cm³/mol. The molecule has 1 aliphatic heterocycles. The van der Waals surface area contributed by atoms with Gasteiger partial charge in [0.2, 0.25) is 0 Å². The fourth-order valence-electron chi connectivity index (χ4n) is 3.00. The zero-order valence-electron chi connectivity index (χ0n) is 13.4. The molecule has 1 atom stereocenters. The van der Waals surface area contributed by atoms with E-state index in [9.17, 15) is 0 Å². The Morgan fingerprint density at radius 1 is 1.33 bits per heavy atom. The molecule has 21 heavy (non-hydrogen) atoms. The molecule has 1 saturated heterocycles. The molecule has 0 amide bonds. The highest BCUT2D eigenvalue weighted by Gasteiger charge is 2.18. The summed E-state index contributed by atoms with van der Waals surface area (Å²) in [5.41, 5.74) is 2.15. The maximum atomic E-state index is 6.17. The van der Waals surface area contributed by atoms with Crippen LogP contribution in [-0.4, -0.2) is 37.7 Å². The van der Waals surface area contributed by atoms with Crippen molar-refractivity contribution in [3.8, 4) is 5.75 Å². The lowest BCUT2D eigenvalue weighted by atomic mass is 10.1. The molecule has 1 unspecified atom stereocenters. The first-order chi connectivity index (χ1) is 10.1. The Morgan fingerprint density at radius 3 is 2.86 bits per heavy atom. The average Bonchev–Trinajstić information content (AvgIpc) is 2.69. The highest BCUT2D eigenvalue weighted by atomic mass is 35.5. The van der Waals surface area contributed by atoms with Crippen LogP contribution < -0.4 is 10.1 Å². The number of rotatable bonds is 5. The van der Waals surface area contributed by atoms with Gasteiger partial charge < -0.3 is 15.0 Å². The predicted octanol–water partition coefficient (Wildman–Crippen LogP) is 4.33. The monoisotopic (exact) mass is 310 g/mol. The Bertz CT molecular complexity index is 464. The molecule has 1 aromatic carbocycles. The molecule has 2 rings (SSSR count). The molecule has 0 spiro atoms. The number of anilines is 1. The van der Waals surface area contributed by atoms with E-state index < -0.39 is 0 Å². The first-order valence-corrected chi connectivity index (χ1v) is 8.34. The van der Waals surface area contributed by atoms with Crippen molar-refractivity contribution in [1.82, 2.24) is 4.90 Å². The van der Waals surface area contributed by atoms with Crippen LogP contribution >= 0.6 is 11.6 Å². The molecule has 1 heterocycles. The lowest BCUT2D eigenvalue weighted by Gasteiger charge is -2.21. The molecule has 1 aromatic rings. The van der Waals surface area contributed by atoms with Gasteiger partial charge in [-0.15, -0.1) is 0 Å². The van der Waals surface area contributed by atoms with Crippen molar-refractivity contribution in [3.05, 3.63) is 22.7 Å². The molecule has 0 bridgehead atoms. The van der Waals surface area contributed by atoms with Gasteiger partial charge in [-0.3, -0.25) is 0 Å². The summed E-state index contributed by atoms with van der Waals surface area (Å²) in [4.78, 5) is 2.58. The molecule has 1 fully saturated rings. The summed E-state index contributed by atoms with van der Waals surface area (Å²) >= 11 is 6.17. The second-order valence-corrected chi connectivity index (χ2v) is 6.32. The van der Waals surface area contributed by atoms with Crippen LogP contribution in [0.4, 0.5) is 5.69 Å².